The third-order valence-corrected chi connectivity index (χ3v) is 4.63. The van der Waals surface area contributed by atoms with Gasteiger partial charge in [0.1, 0.15) is 23.4 Å². The van der Waals surface area contributed by atoms with Gasteiger partial charge in [0.15, 0.2) is 5.82 Å². The van der Waals surface area contributed by atoms with Crippen LogP contribution in [-0.4, -0.2) is 34.6 Å². The Balaban J connectivity index is 1.64. The van der Waals surface area contributed by atoms with E-state index >= 15 is 0 Å². The molecule has 0 radical (unpaired) electrons. The van der Waals surface area contributed by atoms with Gasteiger partial charge in [-0.05, 0) is 36.2 Å². The minimum Gasteiger partial charge on any atom is -0.370 e. The minimum atomic E-state index is -0.249. The van der Waals surface area contributed by atoms with E-state index in [0.29, 0.717) is 19.0 Å². The zero-order chi connectivity index (χ0) is 18.6. The lowest BCUT2D eigenvalue weighted by Gasteiger charge is -2.34. The SMILES string of the molecule is CCc1cc(N2CCOC(c3cccc(F)c3)C2)nc(-c2ccccn2)n1. The van der Waals surface area contributed by atoms with E-state index in [1.807, 2.05) is 30.3 Å². The second-order valence-electron chi connectivity index (χ2n) is 6.47. The van der Waals surface area contributed by atoms with Gasteiger partial charge >= 0.3 is 0 Å². The fourth-order valence-electron chi connectivity index (χ4n) is 3.20. The van der Waals surface area contributed by atoms with Gasteiger partial charge in [0.25, 0.3) is 0 Å². The molecule has 0 spiro atoms. The average Bonchev–Trinajstić information content (AvgIpc) is 2.74. The van der Waals surface area contributed by atoms with Crippen LogP contribution in [0.4, 0.5) is 10.2 Å². The summed E-state index contributed by atoms with van der Waals surface area (Å²) in [7, 11) is 0. The average molecular weight is 364 g/mol. The van der Waals surface area contributed by atoms with Crippen LogP contribution < -0.4 is 4.90 Å². The normalized spacial score (nSPS) is 17.1. The number of anilines is 1. The smallest absolute Gasteiger partial charge is 0.180 e. The number of nitrogens with zero attached hydrogens (tertiary/aromatic N) is 4. The maximum absolute atomic E-state index is 13.6. The number of rotatable bonds is 4. The zero-order valence-electron chi connectivity index (χ0n) is 15.2. The standard InChI is InChI=1S/C21H21FN4O/c1-2-17-13-20(25-21(24-17)18-8-3-4-9-23-18)26-10-11-27-19(14-26)15-6-5-7-16(22)12-15/h3-9,12-13,19H,2,10-11,14H2,1H3. The fraction of sp³-hybridized carbons (Fsp3) is 0.286. The fourth-order valence-corrected chi connectivity index (χ4v) is 3.20. The summed E-state index contributed by atoms with van der Waals surface area (Å²) in [5, 5.41) is 0. The Morgan fingerprint density at radius 1 is 1.15 bits per heavy atom. The second-order valence-corrected chi connectivity index (χ2v) is 6.47. The minimum absolute atomic E-state index is 0.187. The van der Waals surface area contributed by atoms with Crippen LogP contribution >= 0.6 is 0 Å². The molecule has 3 heterocycles. The molecule has 0 N–H and O–H groups in total. The molecule has 6 heteroatoms. The number of morpholine rings is 1. The molecule has 1 aliphatic rings. The van der Waals surface area contributed by atoms with E-state index in [4.69, 9.17) is 9.72 Å². The third kappa shape index (κ3) is 3.95. The third-order valence-electron chi connectivity index (χ3n) is 4.63. The van der Waals surface area contributed by atoms with E-state index in [-0.39, 0.29) is 11.9 Å². The summed E-state index contributed by atoms with van der Waals surface area (Å²) in [5.41, 5.74) is 2.56. The van der Waals surface area contributed by atoms with Crippen LogP contribution in [0.2, 0.25) is 0 Å². The largest absolute Gasteiger partial charge is 0.370 e. The lowest BCUT2D eigenvalue weighted by Crippen LogP contribution is -2.39. The van der Waals surface area contributed by atoms with Crippen molar-refractivity contribution in [3.63, 3.8) is 0 Å². The maximum atomic E-state index is 13.6. The molecular weight excluding hydrogens is 343 g/mol. The Bertz CT molecular complexity index is 919. The first kappa shape index (κ1) is 17.5. The quantitative estimate of drug-likeness (QED) is 0.704. The lowest BCUT2D eigenvalue weighted by atomic mass is 10.1. The number of aromatic nitrogens is 3. The van der Waals surface area contributed by atoms with Crippen LogP contribution in [0.25, 0.3) is 11.5 Å². The highest BCUT2D eigenvalue weighted by molar-refractivity contribution is 5.54. The van der Waals surface area contributed by atoms with Gasteiger partial charge in [0.05, 0.1) is 6.61 Å². The second kappa shape index (κ2) is 7.80. The van der Waals surface area contributed by atoms with Gasteiger partial charge in [-0.2, -0.15) is 0 Å². The molecule has 1 unspecified atom stereocenters. The van der Waals surface area contributed by atoms with E-state index in [2.05, 4.69) is 21.8 Å². The van der Waals surface area contributed by atoms with E-state index in [9.17, 15) is 4.39 Å². The van der Waals surface area contributed by atoms with Crippen LogP contribution in [0, 0.1) is 5.82 Å². The summed E-state index contributed by atoms with van der Waals surface area (Å²) >= 11 is 0. The van der Waals surface area contributed by atoms with Gasteiger partial charge in [0, 0.05) is 31.0 Å². The molecule has 2 aromatic heterocycles. The Kier molecular flexibility index (Phi) is 5.07. The summed E-state index contributed by atoms with van der Waals surface area (Å²) < 4.78 is 19.5. The predicted octanol–water partition coefficient (Wildman–Crippen LogP) is 3.82. The highest BCUT2D eigenvalue weighted by Gasteiger charge is 2.24. The maximum Gasteiger partial charge on any atom is 0.180 e. The van der Waals surface area contributed by atoms with Crippen LogP contribution in [0.3, 0.4) is 0 Å². The molecular formula is C21H21FN4O. The number of ether oxygens (including phenoxy) is 1. The van der Waals surface area contributed by atoms with Gasteiger partial charge in [-0.25, -0.2) is 14.4 Å². The van der Waals surface area contributed by atoms with E-state index in [1.54, 1.807) is 12.3 Å². The Hall–Kier alpha value is -2.86. The molecule has 27 heavy (non-hydrogen) atoms. The summed E-state index contributed by atoms with van der Waals surface area (Å²) in [6.45, 7) is 3.98. The highest BCUT2D eigenvalue weighted by atomic mass is 19.1. The predicted molar refractivity (Wildman–Crippen MR) is 102 cm³/mol. The molecule has 1 aromatic carbocycles. The summed E-state index contributed by atoms with van der Waals surface area (Å²) in [6.07, 6.45) is 2.37. The number of aryl methyl sites for hydroxylation is 1. The monoisotopic (exact) mass is 364 g/mol. The number of pyridine rings is 1. The molecule has 0 aliphatic carbocycles. The van der Waals surface area contributed by atoms with Crippen molar-refractivity contribution >= 4 is 5.82 Å². The molecule has 3 aromatic rings. The summed E-state index contributed by atoms with van der Waals surface area (Å²) in [4.78, 5) is 15.9. The van der Waals surface area contributed by atoms with Crippen LogP contribution in [0.5, 0.6) is 0 Å². The van der Waals surface area contributed by atoms with E-state index in [0.717, 1.165) is 35.7 Å². The molecule has 1 aliphatic heterocycles. The van der Waals surface area contributed by atoms with Crippen molar-refractivity contribution < 1.29 is 9.13 Å². The first-order valence-electron chi connectivity index (χ1n) is 9.14. The van der Waals surface area contributed by atoms with E-state index < -0.39 is 0 Å². The van der Waals surface area contributed by atoms with Gasteiger partial charge < -0.3 is 9.64 Å². The summed E-state index contributed by atoms with van der Waals surface area (Å²) in [6, 6.07) is 14.3. The first-order valence-corrected chi connectivity index (χ1v) is 9.14. The van der Waals surface area contributed by atoms with Crippen molar-refractivity contribution in [3.8, 4) is 11.5 Å². The number of hydrogen-bond donors (Lipinski definition) is 0. The van der Waals surface area contributed by atoms with Crippen molar-refractivity contribution in [2.45, 2.75) is 19.4 Å². The first-order chi connectivity index (χ1) is 13.2. The Morgan fingerprint density at radius 2 is 2.07 bits per heavy atom. The zero-order valence-corrected chi connectivity index (χ0v) is 15.2. The van der Waals surface area contributed by atoms with Gasteiger partial charge in [-0.15, -0.1) is 0 Å². The number of benzene rings is 1. The van der Waals surface area contributed by atoms with Crippen molar-refractivity contribution in [2.24, 2.45) is 0 Å². The Morgan fingerprint density at radius 3 is 2.85 bits per heavy atom. The molecule has 0 saturated carbocycles. The molecule has 1 atom stereocenters. The van der Waals surface area contributed by atoms with Crippen LogP contribution in [-0.2, 0) is 11.2 Å². The topological polar surface area (TPSA) is 51.1 Å². The molecule has 4 rings (SSSR count). The molecule has 0 amide bonds. The van der Waals surface area contributed by atoms with Crippen molar-refractivity contribution in [2.75, 3.05) is 24.6 Å². The van der Waals surface area contributed by atoms with Gasteiger partial charge in [-0.3, -0.25) is 4.98 Å². The molecule has 1 fully saturated rings. The highest BCUT2D eigenvalue weighted by Crippen LogP contribution is 2.27. The van der Waals surface area contributed by atoms with Crippen LogP contribution in [0.1, 0.15) is 24.3 Å². The number of halogens is 1. The lowest BCUT2D eigenvalue weighted by molar-refractivity contribution is 0.0393. The molecule has 1 saturated heterocycles. The molecule has 0 bridgehead atoms. The van der Waals surface area contributed by atoms with Gasteiger partial charge in [-0.1, -0.05) is 25.1 Å². The molecule has 5 nitrogen and oxygen atoms in total. The number of hydrogen-bond acceptors (Lipinski definition) is 5. The van der Waals surface area contributed by atoms with Crippen molar-refractivity contribution in [1.29, 1.82) is 0 Å². The Labute approximate surface area is 157 Å². The van der Waals surface area contributed by atoms with Crippen LogP contribution in [0.15, 0.2) is 54.7 Å². The molecule has 138 valence electrons. The van der Waals surface area contributed by atoms with E-state index in [1.165, 1.54) is 12.1 Å². The van der Waals surface area contributed by atoms with Gasteiger partial charge in [0.2, 0.25) is 0 Å². The van der Waals surface area contributed by atoms with Crippen molar-refractivity contribution in [1.82, 2.24) is 15.0 Å². The van der Waals surface area contributed by atoms with Crippen molar-refractivity contribution in [3.05, 3.63) is 71.8 Å². The summed E-state index contributed by atoms with van der Waals surface area (Å²) in [5.74, 6) is 1.23.